The zero-order chi connectivity index (χ0) is 17.8. The first kappa shape index (κ1) is 18.2. The van der Waals surface area contributed by atoms with Crippen LogP contribution in [-0.2, 0) is 0 Å². The largest absolute Gasteiger partial charge is 0.491 e. The number of hydrogen-bond acceptors (Lipinski definition) is 5. The molecule has 2 bridgehead atoms. The standard InChI is InChI=1S/C20H29N3O2/c1-15(2)23-17-5-6-18(23)12-22(10-9-17)13-19(24)14-25-20-7-3-16(11-21)4-8-20/h3-4,7-8,15,17-19,24H,5-6,9-10,12-14H2,1-2H3. The van der Waals surface area contributed by atoms with Crippen molar-refractivity contribution >= 4 is 0 Å². The number of benzene rings is 1. The number of rotatable bonds is 6. The monoisotopic (exact) mass is 343 g/mol. The van der Waals surface area contributed by atoms with E-state index >= 15 is 0 Å². The summed E-state index contributed by atoms with van der Waals surface area (Å²) in [4.78, 5) is 5.08. The maximum atomic E-state index is 10.4. The molecule has 0 radical (unpaired) electrons. The van der Waals surface area contributed by atoms with Crippen LogP contribution in [0, 0.1) is 11.3 Å². The Balaban J connectivity index is 1.48. The summed E-state index contributed by atoms with van der Waals surface area (Å²) in [5.41, 5.74) is 0.613. The second-order valence-corrected chi connectivity index (χ2v) is 7.58. The van der Waals surface area contributed by atoms with Crippen molar-refractivity contribution in [2.24, 2.45) is 0 Å². The Kier molecular flexibility index (Phi) is 5.95. The van der Waals surface area contributed by atoms with E-state index in [1.54, 1.807) is 24.3 Å². The van der Waals surface area contributed by atoms with Crippen LogP contribution in [0.4, 0.5) is 0 Å². The van der Waals surface area contributed by atoms with E-state index in [-0.39, 0.29) is 6.61 Å². The fraction of sp³-hybridized carbons (Fsp3) is 0.650. The van der Waals surface area contributed by atoms with Gasteiger partial charge in [0.1, 0.15) is 18.5 Å². The molecule has 3 atom stereocenters. The lowest BCUT2D eigenvalue weighted by Crippen LogP contribution is -2.44. The van der Waals surface area contributed by atoms with E-state index in [4.69, 9.17) is 10.00 Å². The molecule has 0 aromatic heterocycles. The van der Waals surface area contributed by atoms with Gasteiger partial charge in [-0.05, 0) is 63.9 Å². The van der Waals surface area contributed by atoms with Gasteiger partial charge in [0, 0.05) is 31.2 Å². The zero-order valence-corrected chi connectivity index (χ0v) is 15.3. The minimum absolute atomic E-state index is 0.282. The number of likely N-dealkylation sites (tertiary alicyclic amines) is 1. The molecule has 1 aromatic carbocycles. The lowest BCUT2D eigenvalue weighted by molar-refractivity contribution is 0.0632. The number of aliphatic hydroxyl groups excluding tert-OH is 1. The van der Waals surface area contributed by atoms with Gasteiger partial charge in [-0.15, -0.1) is 0 Å². The summed E-state index contributed by atoms with van der Waals surface area (Å²) in [6.07, 6.45) is 3.29. The molecule has 136 valence electrons. The van der Waals surface area contributed by atoms with Crippen LogP contribution in [0.25, 0.3) is 0 Å². The molecule has 2 aliphatic rings. The first-order valence-electron chi connectivity index (χ1n) is 9.37. The molecule has 0 aliphatic carbocycles. The Morgan fingerprint density at radius 2 is 1.92 bits per heavy atom. The van der Waals surface area contributed by atoms with Crippen LogP contribution in [0.2, 0.25) is 0 Å². The summed E-state index contributed by atoms with van der Waals surface area (Å²) in [7, 11) is 0. The van der Waals surface area contributed by atoms with Gasteiger partial charge in [0.2, 0.25) is 0 Å². The molecule has 3 unspecified atom stereocenters. The Hall–Kier alpha value is -1.61. The van der Waals surface area contributed by atoms with E-state index in [0.29, 0.717) is 36.0 Å². The van der Waals surface area contributed by atoms with Gasteiger partial charge in [-0.2, -0.15) is 5.26 Å². The molecular formula is C20H29N3O2. The number of aliphatic hydroxyl groups is 1. The molecular weight excluding hydrogens is 314 g/mol. The second kappa shape index (κ2) is 8.18. The van der Waals surface area contributed by atoms with E-state index in [9.17, 15) is 5.11 Å². The molecule has 1 aromatic rings. The number of nitrogens with zero attached hydrogens (tertiary/aromatic N) is 3. The van der Waals surface area contributed by atoms with Gasteiger partial charge in [-0.1, -0.05) is 0 Å². The highest BCUT2D eigenvalue weighted by molar-refractivity contribution is 5.34. The van der Waals surface area contributed by atoms with Crippen LogP contribution in [0.3, 0.4) is 0 Å². The van der Waals surface area contributed by atoms with E-state index in [0.717, 1.165) is 13.1 Å². The van der Waals surface area contributed by atoms with Gasteiger partial charge in [0.25, 0.3) is 0 Å². The Bertz CT molecular complexity index is 596. The molecule has 25 heavy (non-hydrogen) atoms. The Morgan fingerprint density at radius 3 is 2.60 bits per heavy atom. The van der Waals surface area contributed by atoms with E-state index in [1.165, 1.54) is 19.3 Å². The predicted octanol–water partition coefficient (Wildman–Crippen LogP) is 2.25. The SMILES string of the molecule is CC(C)N1C2CCC1CN(CC(O)COc1ccc(C#N)cc1)CC2. The number of hydrogen-bond donors (Lipinski definition) is 1. The predicted molar refractivity (Wildman–Crippen MR) is 97.5 cm³/mol. The van der Waals surface area contributed by atoms with Crippen molar-refractivity contribution in [2.45, 2.75) is 57.3 Å². The minimum atomic E-state index is -0.500. The van der Waals surface area contributed by atoms with Crippen LogP contribution < -0.4 is 4.74 Å². The lowest BCUT2D eigenvalue weighted by atomic mass is 10.1. The molecule has 5 heteroatoms. The molecule has 3 rings (SSSR count). The molecule has 5 nitrogen and oxygen atoms in total. The maximum absolute atomic E-state index is 10.4. The highest BCUT2D eigenvalue weighted by atomic mass is 16.5. The summed E-state index contributed by atoms with van der Waals surface area (Å²) < 4.78 is 5.66. The normalized spacial score (nSPS) is 25.6. The van der Waals surface area contributed by atoms with Crippen LogP contribution in [-0.4, -0.2) is 65.4 Å². The first-order chi connectivity index (χ1) is 12.1. The summed E-state index contributed by atoms with van der Waals surface area (Å²) in [6, 6.07) is 11.0. The highest BCUT2D eigenvalue weighted by Crippen LogP contribution is 2.31. The fourth-order valence-electron chi connectivity index (χ4n) is 4.36. The molecule has 2 aliphatic heterocycles. The second-order valence-electron chi connectivity index (χ2n) is 7.58. The van der Waals surface area contributed by atoms with Crippen LogP contribution >= 0.6 is 0 Å². The van der Waals surface area contributed by atoms with E-state index in [1.807, 2.05) is 0 Å². The fourth-order valence-corrected chi connectivity index (χ4v) is 4.36. The summed E-state index contributed by atoms with van der Waals surface area (Å²) in [5.74, 6) is 0.693. The Labute approximate surface area is 150 Å². The molecule has 1 N–H and O–H groups in total. The molecule has 0 spiro atoms. The number of nitriles is 1. The van der Waals surface area contributed by atoms with Crippen molar-refractivity contribution in [2.75, 3.05) is 26.2 Å². The topological polar surface area (TPSA) is 59.7 Å². The van der Waals surface area contributed by atoms with Crippen molar-refractivity contribution in [1.82, 2.24) is 9.80 Å². The van der Waals surface area contributed by atoms with Crippen LogP contribution in [0.5, 0.6) is 5.75 Å². The summed E-state index contributed by atoms with van der Waals surface area (Å²) in [6.45, 7) is 7.62. The highest BCUT2D eigenvalue weighted by Gasteiger charge is 2.38. The average Bonchev–Trinajstić information content (AvgIpc) is 2.91. The van der Waals surface area contributed by atoms with Gasteiger partial charge >= 0.3 is 0 Å². The molecule has 2 heterocycles. The third-order valence-corrected chi connectivity index (χ3v) is 5.41. The summed E-state index contributed by atoms with van der Waals surface area (Å²) in [5, 5.41) is 19.2. The number of β-amino-alcohol motifs (C(OH)–C–C–N with tert-alkyl or cyclic N) is 1. The van der Waals surface area contributed by atoms with Gasteiger partial charge in [-0.3, -0.25) is 9.80 Å². The van der Waals surface area contributed by atoms with Crippen molar-refractivity contribution in [3.05, 3.63) is 29.8 Å². The maximum Gasteiger partial charge on any atom is 0.119 e. The van der Waals surface area contributed by atoms with Gasteiger partial charge < -0.3 is 9.84 Å². The molecule has 2 saturated heterocycles. The number of ether oxygens (including phenoxy) is 1. The number of fused-ring (bicyclic) bond motifs is 2. The van der Waals surface area contributed by atoms with Crippen molar-refractivity contribution in [1.29, 1.82) is 5.26 Å². The Morgan fingerprint density at radius 1 is 1.20 bits per heavy atom. The van der Waals surface area contributed by atoms with Gasteiger partial charge in [-0.25, -0.2) is 0 Å². The third-order valence-electron chi connectivity index (χ3n) is 5.41. The van der Waals surface area contributed by atoms with Crippen molar-refractivity contribution in [3.8, 4) is 11.8 Å². The average molecular weight is 343 g/mol. The van der Waals surface area contributed by atoms with Gasteiger partial charge in [0.15, 0.2) is 0 Å². The van der Waals surface area contributed by atoms with Crippen molar-refractivity contribution < 1.29 is 9.84 Å². The van der Waals surface area contributed by atoms with E-state index in [2.05, 4.69) is 29.7 Å². The molecule has 0 saturated carbocycles. The molecule has 0 amide bonds. The van der Waals surface area contributed by atoms with E-state index < -0.39 is 6.10 Å². The smallest absolute Gasteiger partial charge is 0.119 e. The lowest BCUT2D eigenvalue weighted by Gasteiger charge is -2.32. The summed E-state index contributed by atoms with van der Waals surface area (Å²) >= 11 is 0. The van der Waals surface area contributed by atoms with Crippen molar-refractivity contribution in [3.63, 3.8) is 0 Å². The molecule has 2 fully saturated rings. The quantitative estimate of drug-likeness (QED) is 0.858. The first-order valence-corrected chi connectivity index (χ1v) is 9.37. The van der Waals surface area contributed by atoms with Crippen LogP contribution in [0.1, 0.15) is 38.7 Å². The minimum Gasteiger partial charge on any atom is -0.491 e. The van der Waals surface area contributed by atoms with Crippen LogP contribution in [0.15, 0.2) is 24.3 Å². The third kappa shape index (κ3) is 4.52. The zero-order valence-electron chi connectivity index (χ0n) is 15.3. The van der Waals surface area contributed by atoms with Gasteiger partial charge in [0.05, 0.1) is 11.6 Å².